The predicted octanol–water partition coefficient (Wildman–Crippen LogP) is 13.1. The van der Waals surface area contributed by atoms with E-state index in [1.165, 1.54) is 44.5 Å². The van der Waals surface area contributed by atoms with E-state index >= 15 is 0 Å². The van der Waals surface area contributed by atoms with Gasteiger partial charge in [-0.2, -0.15) is 0 Å². The van der Waals surface area contributed by atoms with E-state index in [4.69, 9.17) is 19.4 Å². The number of fused-ring (bicyclic) bond motifs is 12. The average molecular weight is 730 g/mol. The van der Waals surface area contributed by atoms with E-state index < -0.39 is 0 Å². The van der Waals surface area contributed by atoms with Crippen molar-refractivity contribution in [2.24, 2.45) is 5.92 Å². The molecule has 7 aromatic carbocycles. The van der Waals surface area contributed by atoms with Crippen LogP contribution in [0.4, 0.5) is 0 Å². The fourth-order valence-electron chi connectivity index (χ4n) is 9.96. The van der Waals surface area contributed by atoms with Crippen molar-refractivity contribution in [3.05, 3.63) is 204 Å². The summed E-state index contributed by atoms with van der Waals surface area (Å²) in [6.07, 6.45) is 5.82. The van der Waals surface area contributed by atoms with Crippen LogP contribution in [-0.2, 0) is 5.41 Å². The molecule has 0 N–H and O–H groups in total. The van der Waals surface area contributed by atoms with Gasteiger partial charge in [0.25, 0.3) is 0 Å². The minimum absolute atomic E-state index is 0.351. The van der Waals surface area contributed by atoms with Crippen LogP contribution in [0.3, 0.4) is 0 Å². The Hall–Kier alpha value is -7.17. The van der Waals surface area contributed by atoms with Crippen molar-refractivity contribution in [3.63, 3.8) is 0 Å². The van der Waals surface area contributed by atoms with Crippen molar-refractivity contribution in [1.82, 2.24) is 15.0 Å². The molecule has 4 heteroatoms. The Balaban J connectivity index is 1.05. The number of nitrogens with zero attached hydrogens (tertiary/aromatic N) is 3. The zero-order chi connectivity index (χ0) is 37.7. The van der Waals surface area contributed by atoms with E-state index in [0.29, 0.717) is 23.4 Å². The summed E-state index contributed by atoms with van der Waals surface area (Å²) in [6.45, 7) is 2.39. The van der Waals surface area contributed by atoms with E-state index in [2.05, 4.69) is 134 Å². The van der Waals surface area contributed by atoms with Gasteiger partial charge in [0, 0.05) is 27.5 Å². The third-order valence-electron chi connectivity index (χ3n) is 12.4. The van der Waals surface area contributed by atoms with Crippen molar-refractivity contribution in [1.29, 1.82) is 0 Å². The summed E-state index contributed by atoms with van der Waals surface area (Å²) in [7, 11) is 0. The van der Waals surface area contributed by atoms with Gasteiger partial charge >= 0.3 is 0 Å². The van der Waals surface area contributed by atoms with Crippen molar-refractivity contribution in [3.8, 4) is 56.4 Å². The maximum absolute atomic E-state index is 6.17. The number of para-hydroxylation sites is 1. The highest BCUT2D eigenvalue weighted by molar-refractivity contribution is 6.06. The van der Waals surface area contributed by atoms with Gasteiger partial charge < -0.3 is 4.42 Å². The second-order valence-corrected chi connectivity index (χ2v) is 15.5. The highest BCUT2D eigenvalue weighted by Gasteiger charge is 2.53. The molecule has 2 aromatic heterocycles. The lowest BCUT2D eigenvalue weighted by Gasteiger charge is -2.32. The third-order valence-corrected chi connectivity index (χ3v) is 12.4. The molecule has 0 fully saturated rings. The lowest BCUT2D eigenvalue weighted by atomic mass is 9.68. The average Bonchev–Trinajstić information content (AvgIpc) is 3.90. The predicted molar refractivity (Wildman–Crippen MR) is 230 cm³/mol. The molecule has 268 valence electrons. The molecule has 9 aromatic rings. The Bertz CT molecular complexity index is 3140. The second-order valence-electron chi connectivity index (χ2n) is 15.5. The molecule has 2 heterocycles. The Morgan fingerprint density at radius 2 is 1.07 bits per heavy atom. The number of aromatic nitrogens is 3. The molecule has 0 aliphatic heterocycles. The summed E-state index contributed by atoms with van der Waals surface area (Å²) in [5.74, 6) is 2.27. The maximum Gasteiger partial charge on any atom is 0.164 e. The van der Waals surface area contributed by atoms with Crippen LogP contribution in [-0.4, -0.2) is 15.0 Å². The summed E-state index contributed by atoms with van der Waals surface area (Å²) in [6, 6.07) is 58.3. The van der Waals surface area contributed by atoms with Gasteiger partial charge in [-0.05, 0) is 98.3 Å². The van der Waals surface area contributed by atoms with Crippen LogP contribution in [0.15, 0.2) is 186 Å². The van der Waals surface area contributed by atoms with Crippen LogP contribution >= 0.6 is 0 Å². The molecule has 0 saturated heterocycles. The molecule has 4 nitrogen and oxygen atoms in total. The first kappa shape index (κ1) is 32.1. The normalized spacial score (nSPS) is 15.9. The minimum atomic E-state index is -0.351. The highest BCUT2D eigenvalue weighted by Crippen LogP contribution is 2.64. The smallest absolute Gasteiger partial charge is 0.164 e. The Labute approximate surface area is 330 Å². The molecule has 3 aliphatic rings. The number of rotatable bonds is 4. The molecule has 0 bridgehead atoms. The van der Waals surface area contributed by atoms with E-state index in [1.54, 1.807) is 0 Å². The zero-order valence-electron chi connectivity index (χ0n) is 31.3. The summed E-state index contributed by atoms with van der Waals surface area (Å²) in [5, 5.41) is 2.11. The number of hydrogen-bond acceptors (Lipinski definition) is 4. The standard InChI is InChI=1S/C53H35N3O/c1-32-14-13-24-46-49(32)42-30-34(26-28-45(42)53(46)43-22-10-7-18-37(43)38-19-8-11-23-44(38)53)36-17-5-6-21-40(36)52-55-50(33-15-3-2-4-16-33)54-51(56-52)35-27-29-48-41(31-35)39-20-9-12-25-47(39)57-48/h2-13,15-32H,14H2,1H3. The molecule has 1 unspecified atom stereocenters. The summed E-state index contributed by atoms with van der Waals surface area (Å²) < 4.78 is 6.17. The van der Waals surface area contributed by atoms with Gasteiger partial charge in [-0.15, -0.1) is 0 Å². The molecule has 0 radical (unpaired) electrons. The molecule has 57 heavy (non-hydrogen) atoms. The van der Waals surface area contributed by atoms with Crippen LogP contribution in [0.5, 0.6) is 0 Å². The molecular weight excluding hydrogens is 695 g/mol. The van der Waals surface area contributed by atoms with Gasteiger partial charge in [-0.25, -0.2) is 15.0 Å². The van der Waals surface area contributed by atoms with Gasteiger partial charge in [-0.1, -0.05) is 153 Å². The van der Waals surface area contributed by atoms with Gasteiger partial charge in [-0.3, -0.25) is 0 Å². The van der Waals surface area contributed by atoms with E-state index in [0.717, 1.165) is 56.2 Å². The van der Waals surface area contributed by atoms with Crippen molar-refractivity contribution >= 4 is 27.5 Å². The first-order valence-electron chi connectivity index (χ1n) is 19.8. The first-order valence-corrected chi connectivity index (χ1v) is 19.8. The van der Waals surface area contributed by atoms with Crippen molar-refractivity contribution in [2.75, 3.05) is 0 Å². The molecule has 1 atom stereocenters. The fraction of sp³-hybridized carbons (Fsp3) is 0.0755. The van der Waals surface area contributed by atoms with Gasteiger partial charge in [0.15, 0.2) is 17.5 Å². The SMILES string of the molecule is CC1CC=CC2=C1c1cc(-c3ccccc3-c3nc(-c4ccccc4)nc(-c4ccc5oc6ccccc6c5c4)n3)ccc1C21c2ccccc2-c2ccccc21. The molecule has 3 aliphatic carbocycles. The Morgan fingerprint density at radius 3 is 1.86 bits per heavy atom. The molecule has 0 saturated carbocycles. The molecule has 0 amide bonds. The Kier molecular flexibility index (Phi) is 6.85. The summed E-state index contributed by atoms with van der Waals surface area (Å²) >= 11 is 0. The van der Waals surface area contributed by atoms with Crippen molar-refractivity contribution in [2.45, 2.75) is 18.8 Å². The van der Waals surface area contributed by atoms with E-state index in [9.17, 15) is 0 Å². The van der Waals surface area contributed by atoms with Gasteiger partial charge in [0.1, 0.15) is 11.2 Å². The summed E-state index contributed by atoms with van der Waals surface area (Å²) in [5.41, 5.74) is 17.4. The van der Waals surface area contributed by atoms with Crippen molar-refractivity contribution < 1.29 is 4.42 Å². The van der Waals surface area contributed by atoms with E-state index in [-0.39, 0.29) is 5.41 Å². The van der Waals surface area contributed by atoms with Gasteiger partial charge in [0.05, 0.1) is 5.41 Å². The lowest BCUT2D eigenvalue weighted by Crippen LogP contribution is -2.27. The monoisotopic (exact) mass is 729 g/mol. The van der Waals surface area contributed by atoms with Crippen LogP contribution < -0.4 is 0 Å². The number of benzene rings is 7. The number of furan rings is 1. The van der Waals surface area contributed by atoms with Crippen LogP contribution in [0, 0.1) is 5.92 Å². The van der Waals surface area contributed by atoms with Gasteiger partial charge in [0.2, 0.25) is 0 Å². The molecule has 1 spiro atoms. The minimum Gasteiger partial charge on any atom is -0.456 e. The van der Waals surface area contributed by atoms with Crippen LogP contribution in [0.25, 0.3) is 83.9 Å². The quantitative estimate of drug-likeness (QED) is 0.181. The number of allylic oxidation sites excluding steroid dienone is 4. The maximum atomic E-state index is 6.17. The first-order chi connectivity index (χ1) is 28.2. The fourth-order valence-corrected chi connectivity index (χ4v) is 9.96. The number of hydrogen-bond donors (Lipinski definition) is 0. The highest BCUT2D eigenvalue weighted by atomic mass is 16.3. The molecule has 12 rings (SSSR count). The third kappa shape index (κ3) is 4.58. The molecular formula is C53H35N3O. The zero-order valence-corrected chi connectivity index (χ0v) is 31.3. The largest absolute Gasteiger partial charge is 0.456 e. The topological polar surface area (TPSA) is 51.8 Å². The lowest BCUT2D eigenvalue weighted by molar-refractivity contribution is 0.669. The van der Waals surface area contributed by atoms with Crippen LogP contribution in [0.2, 0.25) is 0 Å². The van der Waals surface area contributed by atoms with E-state index in [1.807, 2.05) is 48.5 Å². The second kappa shape index (κ2) is 12.2. The summed E-state index contributed by atoms with van der Waals surface area (Å²) in [4.78, 5) is 15.5. The Morgan fingerprint density at radius 1 is 0.474 bits per heavy atom. The van der Waals surface area contributed by atoms with Crippen LogP contribution in [0.1, 0.15) is 35.6 Å².